The van der Waals surface area contributed by atoms with Gasteiger partial charge in [0.2, 0.25) is 5.92 Å². The largest absolute Gasteiger partial charge is 0.446 e. The van der Waals surface area contributed by atoms with Crippen molar-refractivity contribution in [2.45, 2.75) is 63.9 Å². The number of rotatable bonds is 4. The SMILES string of the molecule is Cc1cc(C)n(-c2nc(NC(=O)OC3CCC(F)(F)CC3)cc(C3COCCC3=O)n2)n1. The van der Waals surface area contributed by atoms with E-state index in [9.17, 15) is 18.4 Å². The quantitative estimate of drug-likeness (QED) is 0.761. The number of carbonyl (C=O) groups is 2. The average Bonchev–Trinajstić information content (AvgIpc) is 3.07. The first-order chi connectivity index (χ1) is 15.2. The van der Waals surface area contributed by atoms with Gasteiger partial charge in [0.05, 0.1) is 30.5 Å². The van der Waals surface area contributed by atoms with E-state index in [0.717, 1.165) is 11.4 Å². The highest BCUT2D eigenvalue weighted by Gasteiger charge is 2.36. The molecule has 0 bridgehead atoms. The van der Waals surface area contributed by atoms with Crippen LogP contribution in [0.2, 0.25) is 0 Å². The first kappa shape index (κ1) is 22.3. The molecule has 2 aliphatic rings. The number of aryl methyl sites for hydroxylation is 2. The number of ether oxygens (including phenoxy) is 2. The molecule has 1 aliphatic carbocycles. The molecular weight excluding hydrogens is 424 g/mol. The summed E-state index contributed by atoms with van der Waals surface area (Å²) in [5.74, 6) is -2.98. The number of hydrogen-bond donors (Lipinski definition) is 1. The van der Waals surface area contributed by atoms with E-state index in [2.05, 4.69) is 20.4 Å². The molecule has 9 nitrogen and oxygen atoms in total. The molecule has 4 rings (SSSR count). The first-order valence-electron chi connectivity index (χ1n) is 10.6. The number of amides is 1. The Morgan fingerprint density at radius 1 is 1.25 bits per heavy atom. The second-order valence-corrected chi connectivity index (χ2v) is 8.25. The van der Waals surface area contributed by atoms with Crippen molar-refractivity contribution < 1.29 is 27.8 Å². The lowest BCUT2D eigenvalue weighted by molar-refractivity contribution is -0.126. The molecule has 2 aromatic rings. The van der Waals surface area contributed by atoms with E-state index in [4.69, 9.17) is 9.47 Å². The van der Waals surface area contributed by atoms with Crippen LogP contribution in [0.3, 0.4) is 0 Å². The summed E-state index contributed by atoms with van der Waals surface area (Å²) >= 11 is 0. The molecule has 172 valence electrons. The summed E-state index contributed by atoms with van der Waals surface area (Å²) in [7, 11) is 0. The molecule has 1 saturated heterocycles. The van der Waals surface area contributed by atoms with Crippen LogP contribution in [0.25, 0.3) is 5.95 Å². The van der Waals surface area contributed by atoms with Crippen molar-refractivity contribution in [1.82, 2.24) is 19.7 Å². The number of alkyl halides is 2. The van der Waals surface area contributed by atoms with E-state index in [1.54, 1.807) is 0 Å². The third-order valence-electron chi connectivity index (χ3n) is 5.62. The van der Waals surface area contributed by atoms with Crippen LogP contribution in [0.1, 0.15) is 55.1 Å². The van der Waals surface area contributed by atoms with Crippen molar-refractivity contribution in [1.29, 1.82) is 0 Å². The summed E-state index contributed by atoms with van der Waals surface area (Å²) in [4.78, 5) is 33.7. The second-order valence-electron chi connectivity index (χ2n) is 8.25. The normalized spacial score (nSPS) is 21.4. The monoisotopic (exact) mass is 449 g/mol. The van der Waals surface area contributed by atoms with Crippen LogP contribution in [0.4, 0.5) is 19.4 Å². The van der Waals surface area contributed by atoms with Crippen molar-refractivity contribution in [2.24, 2.45) is 0 Å². The maximum absolute atomic E-state index is 13.3. The van der Waals surface area contributed by atoms with E-state index in [0.29, 0.717) is 12.3 Å². The summed E-state index contributed by atoms with van der Waals surface area (Å²) in [5.41, 5.74) is 1.94. The highest BCUT2D eigenvalue weighted by Crippen LogP contribution is 2.34. The lowest BCUT2D eigenvalue weighted by atomic mass is 9.94. The zero-order valence-corrected chi connectivity index (χ0v) is 17.9. The number of aromatic nitrogens is 4. The molecule has 1 saturated carbocycles. The van der Waals surface area contributed by atoms with Crippen LogP contribution in [-0.4, -0.2) is 56.9 Å². The van der Waals surface area contributed by atoms with E-state index < -0.39 is 24.0 Å². The first-order valence-corrected chi connectivity index (χ1v) is 10.6. The molecule has 11 heteroatoms. The predicted molar refractivity (Wildman–Crippen MR) is 109 cm³/mol. The van der Waals surface area contributed by atoms with E-state index >= 15 is 0 Å². The maximum Gasteiger partial charge on any atom is 0.413 e. The highest BCUT2D eigenvalue weighted by atomic mass is 19.3. The van der Waals surface area contributed by atoms with Gasteiger partial charge in [-0.1, -0.05) is 0 Å². The van der Waals surface area contributed by atoms with Gasteiger partial charge in [-0.05, 0) is 32.8 Å². The van der Waals surface area contributed by atoms with Crippen molar-refractivity contribution in [3.05, 3.63) is 29.2 Å². The minimum Gasteiger partial charge on any atom is -0.446 e. The smallest absolute Gasteiger partial charge is 0.413 e. The average molecular weight is 449 g/mol. The zero-order valence-electron chi connectivity index (χ0n) is 17.9. The number of carbonyl (C=O) groups excluding carboxylic acids is 2. The third kappa shape index (κ3) is 5.09. The molecule has 32 heavy (non-hydrogen) atoms. The lowest BCUT2D eigenvalue weighted by Crippen LogP contribution is -2.32. The van der Waals surface area contributed by atoms with Crippen LogP contribution in [0.15, 0.2) is 12.1 Å². The molecular formula is C21H25F2N5O4. The fourth-order valence-corrected chi connectivity index (χ4v) is 3.93. The van der Waals surface area contributed by atoms with E-state index in [-0.39, 0.29) is 56.3 Å². The minimum atomic E-state index is -2.71. The van der Waals surface area contributed by atoms with Gasteiger partial charge in [-0.2, -0.15) is 10.1 Å². The summed E-state index contributed by atoms with van der Waals surface area (Å²) in [6, 6.07) is 3.36. The molecule has 0 spiro atoms. The van der Waals surface area contributed by atoms with Crippen molar-refractivity contribution >= 4 is 17.7 Å². The standard InChI is InChI=1S/C21H25F2N5O4/c1-12-9-13(2)28(27-12)19-24-16(15-11-31-8-5-17(15)29)10-18(25-19)26-20(30)32-14-3-6-21(22,23)7-4-14/h9-10,14-15H,3-8,11H2,1-2H3,(H,24,25,26,30). The maximum atomic E-state index is 13.3. The Bertz CT molecular complexity index is 1020. The molecule has 1 aliphatic heterocycles. The molecule has 0 radical (unpaired) electrons. The third-order valence-corrected chi connectivity index (χ3v) is 5.62. The molecule has 2 fully saturated rings. The number of nitrogens with zero attached hydrogens (tertiary/aromatic N) is 4. The van der Waals surface area contributed by atoms with E-state index in [1.807, 2.05) is 19.9 Å². The van der Waals surface area contributed by atoms with Gasteiger partial charge in [0.1, 0.15) is 17.7 Å². The second kappa shape index (κ2) is 8.89. The lowest BCUT2D eigenvalue weighted by Gasteiger charge is -2.27. The van der Waals surface area contributed by atoms with Crippen molar-refractivity contribution in [3.63, 3.8) is 0 Å². The van der Waals surface area contributed by atoms with Crippen LogP contribution in [-0.2, 0) is 14.3 Å². The van der Waals surface area contributed by atoms with Gasteiger partial charge in [0.25, 0.3) is 5.95 Å². The number of halogens is 2. The van der Waals surface area contributed by atoms with Crippen LogP contribution < -0.4 is 5.32 Å². The predicted octanol–water partition coefficient (Wildman–Crippen LogP) is 3.48. The van der Waals surface area contributed by atoms with Gasteiger partial charge in [0.15, 0.2) is 0 Å². The van der Waals surface area contributed by atoms with Gasteiger partial charge >= 0.3 is 6.09 Å². The van der Waals surface area contributed by atoms with E-state index in [1.165, 1.54) is 10.7 Å². The van der Waals surface area contributed by atoms with Crippen molar-refractivity contribution in [2.75, 3.05) is 18.5 Å². The van der Waals surface area contributed by atoms with Gasteiger partial charge in [-0.3, -0.25) is 10.1 Å². The highest BCUT2D eigenvalue weighted by molar-refractivity contribution is 5.87. The Morgan fingerprint density at radius 3 is 2.66 bits per heavy atom. The van der Waals surface area contributed by atoms with Crippen LogP contribution in [0, 0.1) is 13.8 Å². The number of ketones is 1. The molecule has 3 heterocycles. The zero-order chi connectivity index (χ0) is 22.9. The summed E-state index contributed by atoms with van der Waals surface area (Å²) in [6.45, 7) is 4.22. The molecule has 2 aromatic heterocycles. The van der Waals surface area contributed by atoms with Crippen LogP contribution >= 0.6 is 0 Å². The fourth-order valence-electron chi connectivity index (χ4n) is 3.93. The van der Waals surface area contributed by atoms with Gasteiger partial charge in [-0.15, -0.1) is 0 Å². The number of anilines is 1. The van der Waals surface area contributed by atoms with Gasteiger partial charge < -0.3 is 9.47 Å². The Morgan fingerprint density at radius 2 is 2.00 bits per heavy atom. The summed E-state index contributed by atoms with van der Waals surface area (Å²) < 4.78 is 38.9. The van der Waals surface area contributed by atoms with Crippen molar-refractivity contribution in [3.8, 4) is 5.95 Å². The topological polar surface area (TPSA) is 108 Å². The summed E-state index contributed by atoms with van der Waals surface area (Å²) in [5, 5.41) is 6.92. The Labute approximate surface area is 183 Å². The molecule has 1 unspecified atom stereocenters. The molecule has 1 amide bonds. The van der Waals surface area contributed by atoms with Gasteiger partial charge in [-0.25, -0.2) is 23.2 Å². The van der Waals surface area contributed by atoms with Gasteiger partial charge in [0, 0.05) is 31.0 Å². The summed E-state index contributed by atoms with van der Waals surface area (Å²) in [6.07, 6.45) is -1.53. The Hall–Kier alpha value is -2.95. The Kier molecular flexibility index (Phi) is 6.18. The number of nitrogens with one attached hydrogen (secondary N) is 1. The minimum absolute atomic E-state index is 0.00840. The van der Waals surface area contributed by atoms with Crippen LogP contribution in [0.5, 0.6) is 0 Å². The molecule has 0 aromatic carbocycles. The number of hydrogen-bond acceptors (Lipinski definition) is 7. The molecule has 1 N–H and O–H groups in total. The molecule has 1 atom stereocenters. The Balaban J connectivity index is 1.57. The number of Topliss-reactive ketones (excluding diaryl/α,β-unsaturated/α-hetero) is 1. The fraction of sp³-hybridized carbons (Fsp3) is 0.571.